The molecule has 0 N–H and O–H groups in total. The predicted molar refractivity (Wildman–Crippen MR) is 105 cm³/mol. The molecular weight excluding hydrogens is 330 g/mol. The molecule has 2 aromatic carbocycles. The van der Waals surface area contributed by atoms with Gasteiger partial charge in [-0.25, -0.2) is 0 Å². The Morgan fingerprint density at radius 3 is 2.04 bits per heavy atom. The van der Waals surface area contributed by atoms with Gasteiger partial charge in [-0.3, -0.25) is 0 Å². The van der Waals surface area contributed by atoms with E-state index in [1.807, 2.05) is 6.07 Å². The van der Waals surface area contributed by atoms with E-state index in [0.717, 1.165) is 10.5 Å². The third kappa shape index (κ3) is 2.40. The molecular formula is C21H24BClO2. The minimum Gasteiger partial charge on any atom is -0.399 e. The van der Waals surface area contributed by atoms with Crippen LogP contribution in [0.4, 0.5) is 0 Å². The van der Waals surface area contributed by atoms with Crippen molar-refractivity contribution in [3.63, 3.8) is 0 Å². The van der Waals surface area contributed by atoms with Crippen molar-refractivity contribution in [1.29, 1.82) is 0 Å². The Balaban J connectivity index is 1.79. The zero-order valence-corrected chi connectivity index (χ0v) is 16.5. The van der Waals surface area contributed by atoms with Crippen molar-refractivity contribution in [1.82, 2.24) is 0 Å². The monoisotopic (exact) mass is 354 g/mol. The zero-order valence-electron chi connectivity index (χ0n) is 15.7. The molecule has 0 radical (unpaired) electrons. The van der Waals surface area contributed by atoms with Crippen LogP contribution < -0.4 is 5.46 Å². The topological polar surface area (TPSA) is 18.5 Å². The molecule has 0 unspecified atom stereocenters. The van der Waals surface area contributed by atoms with Gasteiger partial charge in [0.1, 0.15) is 0 Å². The van der Waals surface area contributed by atoms with Gasteiger partial charge < -0.3 is 9.31 Å². The van der Waals surface area contributed by atoms with Crippen LogP contribution in [0, 0.1) is 0 Å². The van der Waals surface area contributed by atoms with E-state index in [2.05, 4.69) is 71.9 Å². The first kappa shape index (κ1) is 17.1. The van der Waals surface area contributed by atoms with Crippen molar-refractivity contribution in [2.75, 3.05) is 0 Å². The molecule has 4 heteroatoms. The van der Waals surface area contributed by atoms with Crippen LogP contribution in [0.25, 0.3) is 11.1 Å². The number of fused-ring (bicyclic) bond motifs is 3. The van der Waals surface area contributed by atoms with Gasteiger partial charge in [-0.1, -0.05) is 49.7 Å². The summed E-state index contributed by atoms with van der Waals surface area (Å²) >= 11 is 6.24. The summed E-state index contributed by atoms with van der Waals surface area (Å²) in [5, 5.41) is 0.775. The largest absolute Gasteiger partial charge is 0.494 e. The van der Waals surface area contributed by atoms with Gasteiger partial charge in [0, 0.05) is 10.4 Å². The van der Waals surface area contributed by atoms with Crippen LogP contribution in [-0.4, -0.2) is 18.3 Å². The van der Waals surface area contributed by atoms with Crippen LogP contribution >= 0.6 is 11.6 Å². The quantitative estimate of drug-likeness (QED) is 0.675. The van der Waals surface area contributed by atoms with E-state index in [1.165, 1.54) is 22.3 Å². The van der Waals surface area contributed by atoms with Crippen LogP contribution in [0.1, 0.15) is 52.7 Å². The molecule has 0 aromatic heterocycles. The maximum atomic E-state index is 6.24. The van der Waals surface area contributed by atoms with E-state index >= 15 is 0 Å². The van der Waals surface area contributed by atoms with Crippen LogP contribution in [0.5, 0.6) is 0 Å². The van der Waals surface area contributed by atoms with Gasteiger partial charge in [0.2, 0.25) is 0 Å². The maximum Gasteiger partial charge on any atom is 0.494 e. The van der Waals surface area contributed by atoms with Gasteiger partial charge in [-0.2, -0.15) is 0 Å². The van der Waals surface area contributed by atoms with E-state index in [9.17, 15) is 0 Å². The standard InChI is InChI=1S/C21H24BClO2/c1-19(2)17-10-8-14(23)12-16(17)15-9-7-13(11-18(15)19)22-24-20(3,4)21(5,6)25-22/h7-12H,1-6H3. The second-order valence-electron chi connectivity index (χ2n) is 8.71. The van der Waals surface area contributed by atoms with E-state index < -0.39 is 0 Å². The predicted octanol–water partition coefficient (Wildman–Crippen LogP) is 4.95. The lowest BCUT2D eigenvalue weighted by molar-refractivity contribution is 0.00578. The van der Waals surface area contributed by atoms with Gasteiger partial charge in [-0.05, 0) is 67.5 Å². The molecule has 0 amide bonds. The van der Waals surface area contributed by atoms with Gasteiger partial charge in [-0.15, -0.1) is 0 Å². The molecule has 1 saturated heterocycles. The second-order valence-corrected chi connectivity index (χ2v) is 9.14. The Kier molecular flexibility index (Phi) is 3.51. The number of hydrogen-bond acceptors (Lipinski definition) is 2. The zero-order chi connectivity index (χ0) is 18.2. The number of halogens is 1. The van der Waals surface area contributed by atoms with Gasteiger partial charge >= 0.3 is 7.12 Å². The molecule has 1 heterocycles. The number of rotatable bonds is 1. The van der Waals surface area contributed by atoms with Crippen molar-refractivity contribution in [3.05, 3.63) is 52.5 Å². The normalized spacial score (nSPS) is 22.0. The first-order valence-electron chi connectivity index (χ1n) is 8.83. The Morgan fingerprint density at radius 1 is 0.760 bits per heavy atom. The van der Waals surface area contributed by atoms with Crippen molar-refractivity contribution in [2.45, 2.75) is 58.2 Å². The second kappa shape index (κ2) is 5.13. The fraction of sp³-hybridized carbons (Fsp3) is 0.429. The molecule has 1 fully saturated rings. The number of benzene rings is 2. The minimum atomic E-state index is -0.335. The van der Waals surface area contributed by atoms with E-state index in [0.29, 0.717) is 0 Å². The van der Waals surface area contributed by atoms with Crippen LogP contribution in [0.3, 0.4) is 0 Å². The lowest BCUT2D eigenvalue weighted by Gasteiger charge is -2.32. The van der Waals surface area contributed by atoms with Gasteiger partial charge in [0.15, 0.2) is 0 Å². The highest BCUT2D eigenvalue weighted by Gasteiger charge is 2.52. The molecule has 130 valence electrons. The minimum absolute atomic E-state index is 0.0606. The number of hydrogen-bond donors (Lipinski definition) is 0. The molecule has 1 aliphatic heterocycles. The summed E-state index contributed by atoms with van der Waals surface area (Å²) in [6.45, 7) is 12.9. The van der Waals surface area contributed by atoms with E-state index in [-0.39, 0.29) is 23.7 Å². The van der Waals surface area contributed by atoms with Crippen molar-refractivity contribution in [3.8, 4) is 11.1 Å². The third-order valence-electron chi connectivity index (χ3n) is 6.19. The highest BCUT2D eigenvalue weighted by molar-refractivity contribution is 6.62. The molecule has 0 saturated carbocycles. The maximum absolute atomic E-state index is 6.24. The molecule has 25 heavy (non-hydrogen) atoms. The van der Waals surface area contributed by atoms with Crippen molar-refractivity contribution < 1.29 is 9.31 Å². The molecule has 2 nitrogen and oxygen atoms in total. The summed E-state index contributed by atoms with van der Waals surface area (Å²) in [4.78, 5) is 0. The van der Waals surface area contributed by atoms with Gasteiger partial charge in [0.05, 0.1) is 11.2 Å². The fourth-order valence-corrected chi connectivity index (χ4v) is 4.04. The lowest BCUT2D eigenvalue weighted by Crippen LogP contribution is -2.41. The van der Waals surface area contributed by atoms with Gasteiger partial charge in [0.25, 0.3) is 0 Å². The summed E-state index contributed by atoms with van der Waals surface area (Å²) in [6.07, 6.45) is 0. The molecule has 1 aliphatic carbocycles. The van der Waals surface area contributed by atoms with Crippen molar-refractivity contribution >= 4 is 24.2 Å². The Bertz CT molecular complexity index is 854. The molecule has 0 spiro atoms. The SMILES string of the molecule is CC1(C)c2ccc(Cl)cc2-c2ccc(B3OC(C)(C)C(C)(C)O3)cc21. The summed E-state index contributed by atoms with van der Waals surface area (Å²) in [7, 11) is -0.335. The van der Waals surface area contributed by atoms with Crippen molar-refractivity contribution in [2.24, 2.45) is 0 Å². The Morgan fingerprint density at radius 2 is 1.40 bits per heavy atom. The molecule has 2 aromatic rings. The average molecular weight is 355 g/mol. The summed E-state index contributed by atoms with van der Waals surface area (Å²) < 4.78 is 12.5. The highest BCUT2D eigenvalue weighted by Crippen LogP contribution is 2.49. The fourth-order valence-electron chi connectivity index (χ4n) is 3.87. The highest BCUT2D eigenvalue weighted by atomic mass is 35.5. The smallest absolute Gasteiger partial charge is 0.399 e. The molecule has 0 bridgehead atoms. The third-order valence-corrected chi connectivity index (χ3v) is 6.42. The molecule has 2 aliphatic rings. The average Bonchev–Trinajstić information content (AvgIpc) is 2.87. The van der Waals surface area contributed by atoms with Crippen LogP contribution in [0.2, 0.25) is 5.02 Å². The summed E-state index contributed by atoms with van der Waals surface area (Å²) in [6, 6.07) is 12.7. The van der Waals surface area contributed by atoms with E-state index in [1.54, 1.807) is 0 Å². The van der Waals surface area contributed by atoms with Crippen LogP contribution in [0.15, 0.2) is 36.4 Å². The summed E-state index contributed by atoms with van der Waals surface area (Å²) in [5.41, 5.74) is 5.45. The molecule has 0 atom stereocenters. The van der Waals surface area contributed by atoms with E-state index in [4.69, 9.17) is 20.9 Å². The molecule has 4 rings (SSSR count). The Labute approximate surface area is 155 Å². The lowest BCUT2D eigenvalue weighted by atomic mass is 9.74. The summed E-state index contributed by atoms with van der Waals surface area (Å²) in [5.74, 6) is 0. The van der Waals surface area contributed by atoms with Crippen LogP contribution in [-0.2, 0) is 14.7 Å². The first-order valence-corrected chi connectivity index (χ1v) is 9.21. The Hall–Kier alpha value is -1.29. The first-order chi connectivity index (χ1) is 11.5.